The molecule has 102 valence electrons. The summed E-state index contributed by atoms with van der Waals surface area (Å²) in [6.07, 6.45) is 0.600. The minimum atomic E-state index is -0.351. The minimum Gasteiger partial charge on any atom is -0.483 e. The molecule has 2 N–H and O–H groups in total. The van der Waals surface area contributed by atoms with Crippen LogP contribution in [0, 0.1) is 19.7 Å². The van der Waals surface area contributed by atoms with Gasteiger partial charge in [0.05, 0.1) is 5.69 Å². The quantitative estimate of drug-likeness (QED) is 0.916. The summed E-state index contributed by atoms with van der Waals surface area (Å²) in [7, 11) is 0. The normalized spacial score (nSPS) is 10.7. The highest BCUT2D eigenvalue weighted by molar-refractivity contribution is 7.11. The minimum absolute atomic E-state index is 0.290. The maximum atomic E-state index is 13.8. The number of nitrogens with zero attached hydrogens (tertiary/aromatic N) is 1. The highest BCUT2D eigenvalue weighted by Gasteiger charge is 2.11. The third-order valence-corrected chi connectivity index (χ3v) is 3.92. The molecule has 0 unspecified atom stereocenters. The van der Waals surface area contributed by atoms with Crippen molar-refractivity contribution in [2.24, 2.45) is 5.73 Å². The van der Waals surface area contributed by atoms with Gasteiger partial charge in [-0.15, -0.1) is 11.3 Å². The van der Waals surface area contributed by atoms with E-state index >= 15 is 0 Å². The molecular weight excluding hydrogens is 263 g/mol. The summed E-state index contributed by atoms with van der Waals surface area (Å²) in [6.45, 7) is 4.73. The standard InChI is InChI=1S/C14H17FN2OS/c1-9-10(2)19-13(17-9)8-18-14-11(6-7-16)4-3-5-12(14)15/h3-5H,6-8,16H2,1-2H3. The second-order valence-corrected chi connectivity index (χ2v) is 5.59. The smallest absolute Gasteiger partial charge is 0.165 e. The van der Waals surface area contributed by atoms with Gasteiger partial charge in [-0.2, -0.15) is 0 Å². The van der Waals surface area contributed by atoms with Crippen molar-refractivity contribution in [3.63, 3.8) is 0 Å². The van der Waals surface area contributed by atoms with Crippen LogP contribution in [-0.2, 0) is 13.0 Å². The van der Waals surface area contributed by atoms with Gasteiger partial charge in [-0.3, -0.25) is 0 Å². The first-order valence-electron chi connectivity index (χ1n) is 6.15. The highest BCUT2D eigenvalue weighted by Crippen LogP contribution is 2.25. The van der Waals surface area contributed by atoms with E-state index < -0.39 is 0 Å². The van der Waals surface area contributed by atoms with Crippen LogP contribution in [-0.4, -0.2) is 11.5 Å². The van der Waals surface area contributed by atoms with E-state index in [0.29, 0.717) is 18.7 Å². The zero-order valence-electron chi connectivity index (χ0n) is 11.1. The Balaban J connectivity index is 2.14. The van der Waals surface area contributed by atoms with E-state index in [4.69, 9.17) is 10.5 Å². The largest absolute Gasteiger partial charge is 0.483 e. The Morgan fingerprint density at radius 1 is 1.37 bits per heavy atom. The molecule has 0 saturated heterocycles. The summed E-state index contributed by atoms with van der Waals surface area (Å²) in [5.41, 5.74) is 7.32. The van der Waals surface area contributed by atoms with Crippen molar-refractivity contribution in [3.8, 4) is 5.75 Å². The number of benzene rings is 1. The van der Waals surface area contributed by atoms with Crippen LogP contribution in [0.3, 0.4) is 0 Å². The zero-order valence-corrected chi connectivity index (χ0v) is 11.9. The van der Waals surface area contributed by atoms with Gasteiger partial charge in [-0.05, 0) is 38.4 Å². The van der Waals surface area contributed by atoms with Crippen molar-refractivity contribution in [1.82, 2.24) is 4.98 Å². The number of hydrogen-bond acceptors (Lipinski definition) is 4. The molecule has 1 heterocycles. The van der Waals surface area contributed by atoms with Crippen LogP contribution >= 0.6 is 11.3 Å². The Morgan fingerprint density at radius 2 is 2.16 bits per heavy atom. The third-order valence-electron chi connectivity index (χ3n) is 2.88. The van der Waals surface area contributed by atoms with Crippen molar-refractivity contribution in [1.29, 1.82) is 0 Å². The first-order valence-corrected chi connectivity index (χ1v) is 6.96. The van der Waals surface area contributed by atoms with Gasteiger partial charge in [0.15, 0.2) is 11.6 Å². The molecule has 2 rings (SSSR count). The van der Waals surface area contributed by atoms with E-state index in [1.165, 1.54) is 6.07 Å². The third kappa shape index (κ3) is 3.30. The van der Waals surface area contributed by atoms with Crippen molar-refractivity contribution in [2.45, 2.75) is 26.9 Å². The van der Waals surface area contributed by atoms with Crippen molar-refractivity contribution in [3.05, 3.63) is 45.2 Å². The predicted octanol–water partition coefficient (Wildman–Crippen LogP) is 2.98. The highest BCUT2D eigenvalue weighted by atomic mass is 32.1. The van der Waals surface area contributed by atoms with Gasteiger partial charge in [0.2, 0.25) is 0 Å². The molecule has 0 spiro atoms. The average molecular weight is 280 g/mol. The number of ether oxygens (including phenoxy) is 1. The number of rotatable bonds is 5. The predicted molar refractivity (Wildman–Crippen MR) is 75.1 cm³/mol. The molecule has 0 amide bonds. The summed E-state index contributed by atoms with van der Waals surface area (Å²) in [5, 5.41) is 0.858. The van der Waals surface area contributed by atoms with Gasteiger partial charge in [0.25, 0.3) is 0 Å². The molecule has 1 aromatic heterocycles. The number of nitrogens with two attached hydrogens (primary N) is 1. The zero-order chi connectivity index (χ0) is 13.8. The first kappa shape index (κ1) is 14.0. The topological polar surface area (TPSA) is 48.1 Å². The van der Waals surface area contributed by atoms with E-state index in [-0.39, 0.29) is 12.4 Å². The summed E-state index contributed by atoms with van der Waals surface area (Å²) >= 11 is 1.58. The monoisotopic (exact) mass is 280 g/mol. The van der Waals surface area contributed by atoms with Crippen LogP contribution in [0.2, 0.25) is 0 Å². The fourth-order valence-electron chi connectivity index (χ4n) is 1.80. The Bertz CT molecular complexity index is 549. The van der Waals surface area contributed by atoms with E-state index in [1.54, 1.807) is 17.4 Å². The summed E-state index contributed by atoms with van der Waals surface area (Å²) in [6, 6.07) is 4.90. The van der Waals surface area contributed by atoms with Gasteiger partial charge >= 0.3 is 0 Å². The molecule has 2 aromatic rings. The molecule has 0 atom stereocenters. The number of halogens is 1. The molecule has 5 heteroatoms. The van der Waals surface area contributed by atoms with E-state index in [9.17, 15) is 4.39 Å². The van der Waals surface area contributed by atoms with Crippen molar-refractivity contribution < 1.29 is 9.13 Å². The number of hydrogen-bond donors (Lipinski definition) is 1. The lowest BCUT2D eigenvalue weighted by Gasteiger charge is -2.10. The maximum Gasteiger partial charge on any atom is 0.165 e. The van der Waals surface area contributed by atoms with Gasteiger partial charge in [-0.25, -0.2) is 9.37 Å². The maximum absolute atomic E-state index is 13.8. The summed E-state index contributed by atoms with van der Waals surface area (Å²) in [4.78, 5) is 5.54. The van der Waals surface area contributed by atoms with Gasteiger partial charge in [0.1, 0.15) is 11.6 Å². The fourth-order valence-corrected chi connectivity index (χ4v) is 2.65. The summed E-state index contributed by atoms with van der Waals surface area (Å²) in [5.74, 6) is -0.0607. The Kier molecular flexibility index (Phi) is 4.50. The second-order valence-electron chi connectivity index (χ2n) is 4.30. The molecule has 0 aliphatic heterocycles. The van der Waals surface area contributed by atoms with E-state index in [0.717, 1.165) is 21.1 Å². The van der Waals surface area contributed by atoms with Gasteiger partial charge < -0.3 is 10.5 Å². The number of aromatic nitrogens is 1. The SMILES string of the molecule is Cc1nc(COc2c(F)cccc2CCN)sc1C. The van der Waals surface area contributed by atoms with Crippen LogP contribution in [0.4, 0.5) is 4.39 Å². The number of thiazole rings is 1. The molecule has 0 radical (unpaired) electrons. The molecule has 1 aromatic carbocycles. The van der Waals surface area contributed by atoms with Crippen molar-refractivity contribution in [2.75, 3.05) is 6.54 Å². The van der Waals surface area contributed by atoms with Crippen LogP contribution in [0.15, 0.2) is 18.2 Å². The molecular formula is C14H17FN2OS. The Labute approximate surface area is 116 Å². The molecule has 0 bridgehead atoms. The molecule has 3 nitrogen and oxygen atoms in total. The van der Waals surface area contributed by atoms with Crippen molar-refractivity contribution >= 4 is 11.3 Å². The summed E-state index contributed by atoms with van der Waals surface area (Å²) < 4.78 is 19.4. The van der Waals surface area contributed by atoms with Crippen LogP contribution < -0.4 is 10.5 Å². The molecule has 0 aliphatic carbocycles. The molecule has 19 heavy (non-hydrogen) atoms. The van der Waals surface area contributed by atoms with Crippen LogP contribution in [0.5, 0.6) is 5.75 Å². The molecule has 0 fully saturated rings. The molecule has 0 aliphatic rings. The molecule has 0 saturated carbocycles. The Morgan fingerprint density at radius 3 is 2.79 bits per heavy atom. The van der Waals surface area contributed by atoms with Crippen LogP contribution in [0.1, 0.15) is 21.1 Å². The number of aryl methyl sites for hydroxylation is 2. The second kappa shape index (κ2) is 6.12. The number of para-hydroxylation sites is 1. The van der Waals surface area contributed by atoms with Gasteiger partial charge in [0, 0.05) is 4.88 Å². The van der Waals surface area contributed by atoms with Crippen LogP contribution in [0.25, 0.3) is 0 Å². The first-order chi connectivity index (χ1) is 9.11. The lowest BCUT2D eigenvalue weighted by molar-refractivity contribution is 0.286. The fraction of sp³-hybridized carbons (Fsp3) is 0.357. The lowest BCUT2D eigenvalue weighted by Crippen LogP contribution is -2.06. The van der Waals surface area contributed by atoms with Gasteiger partial charge in [-0.1, -0.05) is 12.1 Å². The Hall–Kier alpha value is -1.46. The van der Waals surface area contributed by atoms with E-state index in [1.807, 2.05) is 19.9 Å². The average Bonchev–Trinajstić information content (AvgIpc) is 2.68. The lowest BCUT2D eigenvalue weighted by atomic mass is 10.1. The van der Waals surface area contributed by atoms with E-state index in [2.05, 4.69) is 4.98 Å².